The van der Waals surface area contributed by atoms with Crippen LogP contribution in [0.25, 0.3) is 6.08 Å². The van der Waals surface area contributed by atoms with Crippen LogP contribution in [0.3, 0.4) is 0 Å². The van der Waals surface area contributed by atoms with Gasteiger partial charge < -0.3 is 20.4 Å². The van der Waals surface area contributed by atoms with Crippen molar-refractivity contribution in [2.24, 2.45) is 0 Å². The number of rotatable bonds is 10. The average Bonchev–Trinajstić information content (AvgIpc) is 3.83. The van der Waals surface area contributed by atoms with Gasteiger partial charge in [0.2, 0.25) is 0 Å². The zero-order chi connectivity index (χ0) is 40.7. The van der Waals surface area contributed by atoms with E-state index in [9.17, 15) is 20.4 Å². The summed E-state index contributed by atoms with van der Waals surface area (Å²) in [6, 6.07) is 25.2. The normalized spacial score (nSPS) is 16.3. The van der Waals surface area contributed by atoms with Crippen molar-refractivity contribution in [3.8, 4) is 23.3 Å². The van der Waals surface area contributed by atoms with Gasteiger partial charge in [-0.25, -0.2) is 0 Å². The van der Waals surface area contributed by atoms with Crippen LogP contribution in [-0.2, 0) is 10.8 Å². The van der Waals surface area contributed by atoms with Crippen molar-refractivity contribution < 1.29 is 20.4 Å². The van der Waals surface area contributed by atoms with Crippen molar-refractivity contribution in [3.63, 3.8) is 0 Å². The molecule has 0 aromatic heterocycles. The molecule has 2 aliphatic carbocycles. The molecule has 4 heteroatoms. The number of phenols is 2. The Morgan fingerprint density at radius 2 is 0.964 bits per heavy atom. The van der Waals surface area contributed by atoms with E-state index in [0.717, 1.165) is 99.3 Å². The van der Waals surface area contributed by atoms with Gasteiger partial charge in [-0.2, -0.15) is 0 Å². The van der Waals surface area contributed by atoms with Crippen LogP contribution < -0.4 is 0 Å². The highest BCUT2D eigenvalue weighted by Gasteiger charge is 2.33. The molecular weight excluding hydrogens is 689 g/mol. The summed E-state index contributed by atoms with van der Waals surface area (Å²) in [5.41, 5.74) is 9.91. The molecular formula is C52H66O4. The van der Waals surface area contributed by atoms with Crippen molar-refractivity contribution in [2.45, 2.75) is 154 Å². The highest BCUT2D eigenvalue weighted by Crippen LogP contribution is 2.42. The molecule has 0 saturated heterocycles. The molecule has 298 valence electrons. The largest absolute Gasteiger partial charge is 0.508 e. The van der Waals surface area contributed by atoms with Gasteiger partial charge in [0.15, 0.2) is 0 Å². The van der Waals surface area contributed by atoms with E-state index in [1.165, 1.54) is 33.4 Å². The summed E-state index contributed by atoms with van der Waals surface area (Å²) in [6.07, 6.45) is 15.7. The molecule has 0 spiro atoms. The molecule has 56 heavy (non-hydrogen) atoms. The molecule has 2 fully saturated rings. The molecule has 0 aliphatic heterocycles. The van der Waals surface area contributed by atoms with Gasteiger partial charge in [0.25, 0.3) is 0 Å². The predicted octanol–water partition coefficient (Wildman–Crippen LogP) is 12.2. The van der Waals surface area contributed by atoms with E-state index in [-0.39, 0.29) is 10.8 Å². The fourth-order valence-corrected chi connectivity index (χ4v) is 9.30. The van der Waals surface area contributed by atoms with Crippen molar-refractivity contribution in [1.29, 1.82) is 0 Å². The third-order valence-electron chi connectivity index (χ3n) is 13.4. The maximum Gasteiger partial charge on any atom is 0.125 e. The average molecular weight is 755 g/mol. The van der Waals surface area contributed by atoms with Gasteiger partial charge >= 0.3 is 0 Å². The van der Waals surface area contributed by atoms with Gasteiger partial charge in [0, 0.05) is 16.4 Å². The Hall–Kier alpha value is -4.30. The first-order valence-corrected chi connectivity index (χ1v) is 21.2. The summed E-state index contributed by atoms with van der Waals surface area (Å²) >= 11 is 0. The topological polar surface area (TPSA) is 80.9 Å². The highest BCUT2D eigenvalue weighted by molar-refractivity contribution is 5.57. The second-order valence-corrected chi connectivity index (χ2v) is 16.8. The third-order valence-corrected chi connectivity index (χ3v) is 13.4. The first-order chi connectivity index (χ1) is 26.7. The maximum atomic E-state index is 10.6. The monoisotopic (exact) mass is 754 g/mol. The Kier molecular flexibility index (Phi) is 13.7. The summed E-state index contributed by atoms with van der Waals surface area (Å²) in [5.74, 6) is 7.05. The maximum absolute atomic E-state index is 10.6. The van der Waals surface area contributed by atoms with Crippen molar-refractivity contribution in [3.05, 3.63) is 135 Å². The molecule has 0 unspecified atom stereocenters. The molecule has 4 aromatic carbocycles. The molecule has 6 rings (SSSR count). The van der Waals surface area contributed by atoms with Crippen LogP contribution in [0.1, 0.15) is 160 Å². The first-order valence-electron chi connectivity index (χ1n) is 21.2. The number of aliphatic hydroxyl groups is 2. The second-order valence-electron chi connectivity index (χ2n) is 16.8. The fraction of sp³-hybridized carbons (Fsp3) is 0.462. The molecule has 2 saturated carbocycles. The van der Waals surface area contributed by atoms with Gasteiger partial charge in [-0.15, -0.1) is 0 Å². The molecule has 0 amide bonds. The Morgan fingerprint density at radius 1 is 0.554 bits per heavy atom. The van der Waals surface area contributed by atoms with Gasteiger partial charge in [0.05, 0.1) is 5.60 Å². The standard InChI is InChI=1S/C26H34O2.C26H32O2/c2*1-5-26(6-2,23-11-12-24(27)20(4)18-23)22-10-9-21(19(3)17-22)13-16-25(28)14-7-8-15-25/h9-13,16-18,27-28H,5-8,14-15H2,1-4H3;9-12,17-18,27-28H,5-8,14-15H2,1-4H3/b16-13+;. The van der Waals surface area contributed by atoms with Crippen LogP contribution in [0.15, 0.2) is 78.9 Å². The van der Waals surface area contributed by atoms with E-state index in [0.29, 0.717) is 11.5 Å². The number of hydrogen-bond acceptors (Lipinski definition) is 4. The lowest BCUT2D eigenvalue weighted by Gasteiger charge is -2.34. The van der Waals surface area contributed by atoms with Crippen LogP contribution in [0.4, 0.5) is 0 Å². The van der Waals surface area contributed by atoms with E-state index >= 15 is 0 Å². The smallest absolute Gasteiger partial charge is 0.125 e. The zero-order valence-electron chi connectivity index (χ0n) is 35.4. The van der Waals surface area contributed by atoms with E-state index < -0.39 is 11.2 Å². The van der Waals surface area contributed by atoms with E-state index in [1.54, 1.807) is 6.07 Å². The number of hydrogen-bond donors (Lipinski definition) is 4. The Morgan fingerprint density at radius 3 is 1.39 bits per heavy atom. The Labute approximate surface area is 337 Å². The van der Waals surface area contributed by atoms with E-state index in [4.69, 9.17) is 0 Å². The number of benzene rings is 4. The van der Waals surface area contributed by atoms with Crippen LogP contribution in [0.5, 0.6) is 11.5 Å². The SMILES string of the molecule is CCC(CC)(c1ccc(O)c(C)c1)c1ccc(/C=C/C2(O)CCCC2)c(C)c1.CCC(CC)(c1ccc(O)c(C)c1)c1ccc(C#CC2(O)CCCC2)c(C)c1. The molecule has 4 N–H and O–H groups in total. The van der Waals surface area contributed by atoms with Crippen molar-refractivity contribution in [2.75, 3.05) is 0 Å². The van der Waals surface area contributed by atoms with Crippen molar-refractivity contribution in [1.82, 2.24) is 0 Å². The minimum atomic E-state index is -0.800. The van der Waals surface area contributed by atoms with Crippen LogP contribution in [-0.4, -0.2) is 31.6 Å². The quantitative estimate of drug-likeness (QED) is 0.122. The summed E-state index contributed by atoms with van der Waals surface area (Å²) in [6.45, 7) is 17.1. The van der Waals surface area contributed by atoms with Gasteiger partial charge in [-0.3, -0.25) is 0 Å². The summed E-state index contributed by atoms with van der Waals surface area (Å²) < 4.78 is 0. The molecule has 0 heterocycles. The summed E-state index contributed by atoms with van der Waals surface area (Å²) in [4.78, 5) is 0. The lowest BCUT2D eigenvalue weighted by molar-refractivity contribution is 0.100. The van der Waals surface area contributed by atoms with Crippen LogP contribution in [0.2, 0.25) is 0 Å². The Balaban J connectivity index is 0.000000214. The molecule has 4 aromatic rings. The van der Waals surface area contributed by atoms with E-state index in [2.05, 4.69) is 114 Å². The second kappa shape index (κ2) is 17.9. The van der Waals surface area contributed by atoms with Gasteiger partial charge in [-0.05, 0) is 160 Å². The highest BCUT2D eigenvalue weighted by atomic mass is 16.3. The molecule has 2 aliphatic rings. The summed E-state index contributed by atoms with van der Waals surface area (Å²) in [7, 11) is 0. The van der Waals surface area contributed by atoms with Crippen LogP contribution >= 0.6 is 0 Å². The predicted molar refractivity (Wildman–Crippen MR) is 234 cm³/mol. The minimum absolute atomic E-state index is 0.0604. The lowest BCUT2D eigenvalue weighted by atomic mass is 9.70. The number of phenolic OH excluding ortho intramolecular Hbond substituents is 2. The molecule has 0 atom stereocenters. The van der Waals surface area contributed by atoms with Crippen molar-refractivity contribution >= 4 is 6.08 Å². The summed E-state index contributed by atoms with van der Waals surface area (Å²) in [5, 5.41) is 41.0. The van der Waals surface area contributed by atoms with E-state index in [1.807, 2.05) is 32.1 Å². The number of aryl methyl sites for hydroxylation is 4. The van der Waals surface area contributed by atoms with Crippen LogP contribution in [0, 0.1) is 39.5 Å². The zero-order valence-corrected chi connectivity index (χ0v) is 35.4. The molecule has 0 radical (unpaired) electrons. The van der Waals surface area contributed by atoms with Gasteiger partial charge in [0.1, 0.15) is 17.1 Å². The molecule has 4 nitrogen and oxygen atoms in total. The first kappa shape index (κ1) is 42.8. The fourth-order valence-electron chi connectivity index (χ4n) is 9.30. The lowest BCUT2D eigenvalue weighted by Crippen LogP contribution is -2.26. The Bertz CT molecular complexity index is 2050. The molecule has 0 bridgehead atoms. The minimum Gasteiger partial charge on any atom is -0.508 e. The number of aromatic hydroxyl groups is 2. The third kappa shape index (κ3) is 9.12. The van der Waals surface area contributed by atoms with Gasteiger partial charge in [-0.1, -0.05) is 119 Å².